The number of hydrogen-bond donors (Lipinski definition) is 1. The minimum absolute atomic E-state index is 0.0695. The van der Waals surface area contributed by atoms with Gasteiger partial charge in [-0.3, -0.25) is 15.1 Å². The van der Waals surface area contributed by atoms with Crippen molar-refractivity contribution in [3.05, 3.63) is 87.0 Å². The molecule has 1 heterocycles. The van der Waals surface area contributed by atoms with Crippen LogP contribution in [0.4, 0.5) is 5.69 Å². The van der Waals surface area contributed by atoms with Crippen LogP contribution in [-0.4, -0.2) is 19.0 Å². The van der Waals surface area contributed by atoms with Crippen LogP contribution in [0.1, 0.15) is 0 Å². The van der Waals surface area contributed by atoms with E-state index in [1.165, 1.54) is 37.4 Å². The van der Waals surface area contributed by atoms with Gasteiger partial charge < -0.3 is 0 Å². The van der Waals surface area contributed by atoms with Crippen LogP contribution >= 0.6 is 46.6 Å². The smallest absolute Gasteiger partial charge is 0.258 e. The van der Waals surface area contributed by atoms with E-state index in [4.69, 9.17) is 34.8 Å². The standard InChI is InChI=1S/C16H9Cl3N4O5S/c1-21-14(24)20-15(25)22(16(21)26)7-2-3-12(9(17)4-7)29-13-10(18)5-8(23(27)28)6-11(13)19/h2-6H,1H3,(H,20,24,25). The van der Waals surface area contributed by atoms with Gasteiger partial charge in [-0.05, 0) is 18.2 Å². The largest absolute Gasteiger partial charge is 0.340 e. The van der Waals surface area contributed by atoms with Crippen LogP contribution in [0.15, 0.2) is 54.5 Å². The van der Waals surface area contributed by atoms with Crippen molar-refractivity contribution in [2.45, 2.75) is 9.79 Å². The van der Waals surface area contributed by atoms with Gasteiger partial charge in [-0.25, -0.2) is 23.5 Å². The predicted molar refractivity (Wildman–Crippen MR) is 110 cm³/mol. The molecule has 0 fully saturated rings. The number of aromatic amines is 1. The molecule has 0 aliphatic rings. The highest BCUT2D eigenvalue weighted by Crippen LogP contribution is 2.43. The molecule has 0 saturated heterocycles. The number of halogens is 3. The molecule has 0 aliphatic heterocycles. The highest BCUT2D eigenvalue weighted by molar-refractivity contribution is 7.99. The minimum atomic E-state index is -0.906. The molecule has 3 aromatic rings. The molecule has 2 aromatic carbocycles. The van der Waals surface area contributed by atoms with Gasteiger partial charge >= 0.3 is 17.1 Å². The van der Waals surface area contributed by atoms with Crippen LogP contribution in [0.2, 0.25) is 15.1 Å². The molecule has 0 spiro atoms. The van der Waals surface area contributed by atoms with Gasteiger partial charge in [-0.1, -0.05) is 46.6 Å². The number of non-ortho nitro benzene ring substituents is 1. The number of benzene rings is 2. The second kappa shape index (κ2) is 8.07. The first-order chi connectivity index (χ1) is 13.6. The molecule has 13 heteroatoms. The highest BCUT2D eigenvalue weighted by atomic mass is 35.5. The molecule has 9 nitrogen and oxygen atoms in total. The molecule has 29 heavy (non-hydrogen) atoms. The summed E-state index contributed by atoms with van der Waals surface area (Å²) in [6.45, 7) is 0. The fraction of sp³-hybridized carbons (Fsp3) is 0.0625. The van der Waals surface area contributed by atoms with Crippen molar-refractivity contribution >= 4 is 52.3 Å². The third-order valence-electron chi connectivity index (χ3n) is 3.78. The molecular formula is C16H9Cl3N4O5S. The van der Waals surface area contributed by atoms with Gasteiger partial charge in [0.2, 0.25) is 0 Å². The second-order valence-electron chi connectivity index (χ2n) is 5.62. The zero-order valence-electron chi connectivity index (χ0n) is 14.3. The quantitative estimate of drug-likeness (QED) is 0.457. The van der Waals surface area contributed by atoms with E-state index < -0.39 is 22.0 Å². The number of H-pyrrole nitrogens is 1. The Kier molecular flexibility index (Phi) is 5.90. The fourth-order valence-corrected chi connectivity index (χ4v) is 4.18. The van der Waals surface area contributed by atoms with E-state index in [-0.39, 0.29) is 26.4 Å². The number of nitrogens with zero attached hydrogens (tertiary/aromatic N) is 3. The minimum Gasteiger partial charge on any atom is -0.258 e. The van der Waals surface area contributed by atoms with E-state index in [1.807, 2.05) is 4.98 Å². The Bertz CT molecular complexity index is 1310. The summed E-state index contributed by atoms with van der Waals surface area (Å²) in [4.78, 5) is 48.9. The third kappa shape index (κ3) is 4.10. The molecule has 150 valence electrons. The summed E-state index contributed by atoms with van der Waals surface area (Å²) < 4.78 is 1.50. The summed E-state index contributed by atoms with van der Waals surface area (Å²) in [5, 5.41) is 11.2. The molecule has 3 rings (SSSR count). The Balaban J connectivity index is 2.04. The summed E-state index contributed by atoms with van der Waals surface area (Å²) in [6.07, 6.45) is 0. The molecule has 0 aliphatic carbocycles. The number of nitro groups is 1. The van der Waals surface area contributed by atoms with Crippen molar-refractivity contribution in [3.63, 3.8) is 0 Å². The van der Waals surface area contributed by atoms with Crippen LogP contribution in [0.3, 0.4) is 0 Å². The van der Waals surface area contributed by atoms with E-state index in [2.05, 4.69) is 0 Å². The van der Waals surface area contributed by atoms with Gasteiger partial charge in [0.15, 0.2) is 0 Å². The lowest BCUT2D eigenvalue weighted by atomic mass is 10.3. The fourth-order valence-electron chi connectivity index (χ4n) is 2.35. The molecule has 1 N–H and O–H groups in total. The Morgan fingerprint density at radius 3 is 2.17 bits per heavy atom. The summed E-state index contributed by atoms with van der Waals surface area (Å²) in [6, 6.07) is 6.66. The van der Waals surface area contributed by atoms with Crippen LogP contribution < -0.4 is 17.1 Å². The van der Waals surface area contributed by atoms with Crippen LogP contribution in [0, 0.1) is 10.1 Å². The first kappa shape index (κ1) is 21.2. The predicted octanol–water partition coefficient (Wildman–Crippen LogP) is 3.24. The molecule has 0 radical (unpaired) electrons. The molecule has 1 aromatic heterocycles. The Hall–Kier alpha value is -2.53. The number of nitrogens with one attached hydrogen (secondary N) is 1. The number of nitro benzene ring substituents is 1. The van der Waals surface area contributed by atoms with Crippen LogP contribution in [0.25, 0.3) is 5.69 Å². The highest BCUT2D eigenvalue weighted by Gasteiger charge is 2.17. The Labute approximate surface area is 180 Å². The first-order valence-corrected chi connectivity index (χ1v) is 9.58. The average Bonchev–Trinajstić information content (AvgIpc) is 2.64. The van der Waals surface area contributed by atoms with E-state index >= 15 is 0 Å². The lowest BCUT2D eigenvalue weighted by Gasteiger charge is -2.11. The van der Waals surface area contributed by atoms with Gasteiger partial charge in [-0.15, -0.1) is 0 Å². The average molecular weight is 476 g/mol. The number of hydrogen-bond acceptors (Lipinski definition) is 6. The number of aromatic nitrogens is 3. The molecule has 0 bridgehead atoms. The van der Waals surface area contributed by atoms with Crippen molar-refractivity contribution in [1.29, 1.82) is 0 Å². The topological polar surface area (TPSA) is 120 Å². The van der Waals surface area contributed by atoms with Gasteiger partial charge in [0.05, 0.1) is 30.6 Å². The molecule has 0 atom stereocenters. The second-order valence-corrected chi connectivity index (χ2v) is 7.90. The monoisotopic (exact) mass is 474 g/mol. The van der Waals surface area contributed by atoms with Crippen molar-refractivity contribution < 1.29 is 4.92 Å². The van der Waals surface area contributed by atoms with Gasteiger partial charge in [0.25, 0.3) is 5.69 Å². The SMILES string of the molecule is Cn1c(=O)[nH]c(=O)n(-c2ccc(Sc3c(Cl)cc([N+](=O)[O-])cc3Cl)c(Cl)c2)c1=O. The van der Waals surface area contributed by atoms with Crippen molar-refractivity contribution in [3.8, 4) is 5.69 Å². The van der Waals surface area contributed by atoms with Crippen molar-refractivity contribution in [1.82, 2.24) is 14.1 Å². The Morgan fingerprint density at radius 2 is 1.62 bits per heavy atom. The van der Waals surface area contributed by atoms with Crippen LogP contribution in [0.5, 0.6) is 0 Å². The summed E-state index contributed by atoms with van der Waals surface area (Å²) >= 11 is 19.6. The van der Waals surface area contributed by atoms with Crippen LogP contribution in [-0.2, 0) is 7.05 Å². The maximum Gasteiger partial charge on any atom is 0.340 e. The maximum absolute atomic E-state index is 12.2. The van der Waals surface area contributed by atoms with E-state index in [0.717, 1.165) is 20.9 Å². The first-order valence-electron chi connectivity index (χ1n) is 7.63. The molecular weight excluding hydrogens is 467 g/mol. The molecule has 0 amide bonds. The normalized spacial score (nSPS) is 10.9. The van der Waals surface area contributed by atoms with Crippen molar-refractivity contribution in [2.24, 2.45) is 7.05 Å². The number of rotatable bonds is 4. The summed E-state index contributed by atoms with van der Waals surface area (Å²) in [7, 11) is 1.22. The van der Waals surface area contributed by atoms with Gasteiger partial charge in [0, 0.05) is 24.1 Å². The van der Waals surface area contributed by atoms with Gasteiger partial charge in [-0.2, -0.15) is 0 Å². The summed E-state index contributed by atoms with van der Waals surface area (Å²) in [5.41, 5.74) is -2.69. The van der Waals surface area contributed by atoms with E-state index in [0.29, 0.717) is 9.79 Å². The van der Waals surface area contributed by atoms with Crippen molar-refractivity contribution in [2.75, 3.05) is 0 Å². The van der Waals surface area contributed by atoms with Gasteiger partial charge in [0.1, 0.15) is 0 Å². The maximum atomic E-state index is 12.2. The molecule has 0 saturated carbocycles. The summed E-state index contributed by atoms with van der Waals surface area (Å²) in [5.74, 6) is 0. The third-order valence-corrected chi connectivity index (χ3v) is 6.24. The van der Waals surface area contributed by atoms with E-state index in [9.17, 15) is 24.5 Å². The molecule has 0 unspecified atom stereocenters. The zero-order valence-corrected chi connectivity index (χ0v) is 17.4. The Morgan fingerprint density at radius 1 is 1.00 bits per heavy atom. The zero-order chi connectivity index (χ0) is 21.5. The lowest BCUT2D eigenvalue weighted by Crippen LogP contribution is -2.47. The van der Waals surface area contributed by atoms with E-state index in [1.54, 1.807) is 0 Å². The lowest BCUT2D eigenvalue weighted by molar-refractivity contribution is -0.384.